The highest BCUT2D eigenvalue weighted by Crippen LogP contribution is 2.28. The molecule has 5 nitrogen and oxygen atoms in total. The van der Waals surface area contributed by atoms with Gasteiger partial charge in [-0.05, 0) is 24.1 Å². The zero-order valence-electron chi connectivity index (χ0n) is 10.4. The number of Topliss-reactive ketones (excluding diaryl/α,β-unsaturated/α-hetero) is 1. The van der Waals surface area contributed by atoms with Gasteiger partial charge in [-0.1, -0.05) is 13.0 Å². The van der Waals surface area contributed by atoms with Crippen molar-refractivity contribution in [2.75, 3.05) is 13.7 Å². The number of benzene rings is 1. The number of methoxy groups -OCH3 is 1. The van der Waals surface area contributed by atoms with Crippen LogP contribution in [0, 0.1) is 0 Å². The van der Waals surface area contributed by atoms with Crippen molar-refractivity contribution in [3.05, 3.63) is 23.8 Å². The lowest BCUT2D eigenvalue weighted by atomic mass is 10.1. The molecule has 1 N–H and O–H groups in total. The lowest BCUT2D eigenvalue weighted by Gasteiger charge is -2.11. The average molecular weight is 252 g/mol. The van der Waals surface area contributed by atoms with Crippen LogP contribution in [-0.4, -0.2) is 30.6 Å². The highest BCUT2D eigenvalue weighted by molar-refractivity contribution is 6.33. The zero-order valence-corrected chi connectivity index (χ0v) is 10.4. The van der Waals surface area contributed by atoms with Crippen LogP contribution in [0.15, 0.2) is 18.2 Å². The van der Waals surface area contributed by atoms with Crippen LogP contribution in [0.5, 0.6) is 11.5 Å². The molecule has 0 fully saturated rings. The lowest BCUT2D eigenvalue weighted by molar-refractivity contribution is -0.148. The van der Waals surface area contributed by atoms with Crippen molar-refractivity contribution in [2.45, 2.75) is 19.8 Å². The van der Waals surface area contributed by atoms with Crippen molar-refractivity contribution < 1.29 is 24.2 Å². The summed E-state index contributed by atoms with van der Waals surface area (Å²) in [5.74, 6) is -1.19. The van der Waals surface area contributed by atoms with E-state index in [1.165, 1.54) is 7.11 Å². The lowest BCUT2D eigenvalue weighted by Crippen LogP contribution is -2.15. The minimum absolute atomic E-state index is 0.151. The summed E-state index contributed by atoms with van der Waals surface area (Å²) in [6.45, 7) is 2.51. The average Bonchev–Trinajstić information content (AvgIpc) is 2.36. The minimum atomic E-state index is -1.43. The molecule has 0 aromatic heterocycles. The second-order valence-corrected chi connectivity index (χ2v) is 3.74. The number of aliphatic carboxylic acids is 1. The summed E-state index contributed by atoms with van der Waals surface area (Å²) in [5.41, 5.74) is 0.592. The van der Waals surface area contributed by atoms with Crippen LogP contribution >= 0.6 is 0 Å². The number of carboxylic acids is 1. The number of hydrogen-bond acceptors (Lipinski definition) is 4. The fourth-order valence-electron chi connectivity index (χ4n) is 1.42. The molecule has 0 bridgehead atoms. The van der Waals surface area contributed by atoms with Gasteiger partial charge < -0.3 is 14.6 Å². The maximum absolute atomic E-state index is 11.1. The summed E-state index contributed by atoms with van der Waals surface area (Å²) in [5, 5.41) is 8.55. The minimum Gasteiger partial charge on any atom is -0.493 e. The Kier molecular flexibility index (Phi) is 5.17. The fraction of sp³-hybridized carbons (Fsp3) is 0.385. The van der Waals surface area contributed by atoms with E-state index in [-0.39, 0.29) is 6.42 Å². The Morgan fingerprint density at radius 3 is 2.56 bits per heavy atom. The van der Waals surface area contributed by atoms with Gasteiger partial charge in [0.1, 0.15) is 0 Å². The van der Waals surface area contributed by atoms with E-state index in [1.54, 1.807) is 18.2 Å². The first-order valence-electron chi connectivity index (χ1n) is 5.64. The molecule has 0 aliphatic carbocycles. The molecule has 0 saturated carbocycles. The van der Waals surface area contributed by atoms with Crippen molar-refractivity contribution in [3.8, 4) is 11.5 Å². The molecule has 0 saturated heterocycles. The second-order valence-electron chi connectivity index (χ2n) is 3.74. The second kappa shape index (κ2) is 6.64. The Morgan fingerprint density at radius 2 is 2.00 bits per heavy atom. The van der Waals surface area contributed by atoms with E-state index in [4.69, 9.17) is 14.6 Å². The van der Waals surface area contributed by atoms with Crippen molar-refractivity contribution in [1.29, 1.82) is 0 Å². The van der Waals surface area contributed by atoms with Crippen molar-refractivity contribution in [2.24, 2.45) is 0 Å². The summed E-state index contributed by atoms with van der Waals surface area (Å²) in [6, 6.07) is 4.95. The number of carboxylic acid groups (broad SMARTS) is 1. The molecule has 5 heteroatoms. The Morgan fingerprint density at radius 1 is 1.28 bits per heavy atom. The van der Waals surface area contributed by atoms with Crippen LogP contribution in [0.1, 0.15) is 18.9 Å². The van der Waals surface area contributed by atoms with Crippen LogP contribution in [0.2, 0.25) is 0 Å². The summed E-state index contributed by atoms with van der Waals surface area (Å²) < 4.78 is 10.6. The van der Waals surface area contributed by atoms with Crippen LogP contribution in [0.3, 0.4) is 0 Å². The predicted octanol–water partition coefficient (Wildman–Crippen LogP) is 1.68. The van der Waals surface area contributed by atoms with E-state index in [9.17, 15) is 9.59 Å². The Bertz CT molecular complexity index is 439. The first kappa shape index (κ1) is 14.0. The highest BCUT2D eigenvalue weighted by Gasteiger charge is 2.14. The van der Waals surface area contributed by atoms with Gasteiger partial charge in [0.15, 0.2) is 11.5 Å². The quantitative estimate of drug-likeness (QED) is 0.747. The van der Waals surface area contributed by atoms with Crippen LogP contribution in [0.25, 0.3) is 0 Å². The largest absolute Gasteiger partial charge is 0.493 e. The number of hydrogen-bond donors (Lipinski definition) is 1. The Labute approximate surface area is 105 Å². The molecule has 0 atom stereocenters. The van der Waals surface area contributed by atoms with Gasteiger partial charge in [-0.2, -0.15) is 0 Å². The molecule has 0 spiro atoms. The van der Waals surface area contributed by atoms with Crippen molar-refractivity contribution >= 4 is 11.8 Å². The monoisotopic (exact) mass is 252 g/mol. The molecule has 18 heavy (non-hydrogen) atoms. The van der Waals surface area contributed by atoms with E-state index in [2.05, 4.69) is 0 Å². The Hall–Kier alpha value is -2.04. The summed E-state index contributed by atoms with van der Waals surface area (Å²) in [7, 11) is 1.52. The molecule has 98 valence electrons. The molecule has 1 aromatic rings. The highest BCUT2D eigenvalue weighted by atomic mass is 16.5. The molecule has 0 heterocycles. The van der Waals surface area contributed by atoms with Gasteiger partial charge in [-0.25, -0.2) is 4.79 Å². The summed E-state index contributed by atoms with van der Waals surface area (Å²) in [6.07, 6.45) is 0.698. The first-order chi connectivity index (χ1) is 8.58. The van der Waals surface area contributed by atoms with E-state index in [1.807, 2.05) is 6.92 Å². The third kappa shape index (κ3) is 3.76. The molecular weight excluding hydrogens is 236 g/mol. The van der Waals surface area contributed by atoms with Crippen molar-refractivity contribution in [1.82, 2.24) is 0 Å². The molecule has 1 rings (SSSR count). The van der Waals surface area contributed by atoms with Crippen molar-refractivity contribution in [3.63, 3.8) is 0 Å². The molecule has 0 aliphatic rings. The third-order valence-corrected chi connectivity index (χ3v) is 2.29. The number of carbonyl (C=O) groups excluding carboxylic acids is 1. The third-order valence-electron chi connectivity index (χ3n) is 2.29. The number of rotatable bonds is 7. The number of ketones is 1. The summed E-state index contributed by atoms with van der Waals surface area (Å²) >= 11 is 0. The van der Waals surface area contributed by atoms with Gasteiger partial charge in [0.25, 0.3) is 0 Å². The van der Waals surface area contributed by atoms with E-state index >= 15 is 0 Å². The van der Waals surface area contributed by atoms with E-state index < -0.39 is 11.8 Å². The van der Waals surface area contributed by atoms with Crippen LogP contribution in [-0.2, 0) is 16.0 Å². The zero-order chi connectivity index (χ0) is 13.5. The molecule has 0 aliphatic heterocycles. The maximum Gasteiger partial charge on any atom is 0.372 e. The van der Waals surface area contributed by atoms with Gasteiger partial charge in [0.05, 0.1) is 13.7 Å². The topological polar surface area (TPSA) is 72.8 Å². The molecule has 0 radical (unpaired) electrons. The fourth-order valence-corrected chi connectivity index (χ4v) is 1.42. The van der Waals surface area contributed by atoms with Gasteiger partial charge in [0.2, 0.25) is 5.78 Å². The Balaban J connectivity index is 2.88. The van der Waals surface area contributed by atoms with Gasteiger partial charge >= 0.3 is 5.97 Å². The normalized spacial score (nSPS) is 9.89. The first-order valence-corrected chi connectivity index (χ1v) is 5.64. The standard InChI is InChI=1S/C13H16O5/c1-3-6-18-12-8-9(4-5-11(12)17-2)7-10(14)13(15)16/h4-5,8H,3,6-7H2,1-2H3,(H,15,16). The van der Waals surface area contributed by atoms with E-state index in [0.29, 0.717) is 23.7 Å². The van der Waals surface area contributed by atoms with Gasteiger partial charge in [-0.3, -0.25) is 4.79 Å². The molecule has 0 amide bonds. The predicted molar refractivity (Wildman–Crippen MR) is 65.1 cm³/mol. The molecule has 1 aromatic carbocycles. The smallest absolute Gasteiger partial charge is 0.372 e. The SMILES string of the molecule is CCCOc1cc(CC(=O)C(=O)O)ccc1OC. The van der Waals surface area contributed by atoms with Crippen LogP contribution in [0.4, 0.5) is 0 Å². The summed E-state index contributed by atoms with van der Waals surface area (Å²) in [4.78, 5) is 21.6. The van der Waals surface area contributed by atoms with Gasteiger partial charge in [-0.15, -0.1) is 0 Å². The number of carbonyl (C=O) groups is 2. The molecular formula is C13H16O5. The molecule has 0 unspecified atom stereocenters. The van der Waals surface area contributed by atoms with E-state index in [0.717, 1.165) is 6.42 Å². The number of ether oxygens (including phenoxy) is 2. The van der Waals surface area contributed by atoms with Gasteiger partial charge in [0, 0.05) is 6.42 Å². The van der Waals surface area contributed by atoms with Crippen LogP contribution < -0.4 is 9.47 Å². The maximum atomic E-state index is 11.1.